The van der Waals surface area contributed by atoms with Crippen molar-refractivity contribution in [2.45, 2.75) is 52.9 Å². The molecule has 2 aromatic heterocycles. The number of ether oxygens (including phenoxy) is 2. The fourth-order valence-electron chi connectivity index (χ4n) is 3.57. The van der Waals surface area contributed by atoms with E-state index in [1.165, 1.54) is 14.2 Å². The molecule has 0 aromatic carbocycles. The summed E-state index contributed by atoms with van der Waals surface area (Å²) < 4.78 is 9.45. The number of aromatic amines is 2. The maximum Gasteiger partial charge on any atom is 0.352 e. The van der Waals surface area contributed by atoms with Crippen molar-refractivity contribution in [1.82, 2.24) is 9.97 Å². The van der Waals surface area contributed by atoms with E-state index in [1.807, 2.05) is 13.8 Å². The fourth-order valence-corrected chi connectivity index (χ4v) is 3.57. The lowest BCUT2D eigenvalue weighted by Crippen LogP contribution is -2.06. The Hall–Kier alpha value is -3.03. The third kappa shape index (κ3) is 5.07. The van der Waals surface area contributed by atoms with Gasteiger partial charge in [0.05, 0.1) is 14.2 Å². The van der Waals surface area contributed by atoms with Gasteiger partial charge in [-0.25, -0.2) is 4.79 Å². The molecular formula is C21H28N2O6. The zero-order valence-corrected chi connectivity index (χ0v) is 17.5. The van der Waals surface area contributed by atoms with Crippen LogP contribution in [0.4, 0.5) is 0 Å². The third-order valence-electron chi connectivity index (χ3n) is 5.37. The van der Waals surface area contributed by atoms with E-state index in [0.717, 1.165) is 33.8 Å². The molecule has 0 saturated carbocycles. The number of carbonyl (C=O) groups excluding carboxylic acids is 2. The number of carboxylic acid groups (broad SMARTS) is 1. The molecule has 0 spiro atoms. The number of esters is 2. The SMILES string of the molecule is COC(=O)CCc1c(Cc2[nH]c(C(=O)O)c(C)c2CCC(=O)OC)[nH]c(C)c1C. The van der Waals surface area contributed by atoms with Crippen LogP contribution in [0.25, 0.3) is 0 Å². The molecule has 0 aliphatic carbocycles. The molecule has 8 heteroatoms. The number of rotatable bonds is 9. The molecule has 0 unspecified atom stereocenters. The molecule has 158 valence electrons. The molecule has 2 aromatic rings. The van der Waals surface area contributed by atoms with Crippen LogP contribution in [0.2, 0.25) is 0 Å². The van der Waals surface area contributed by atoms with Crippen LogP contribution >= 0.6 is 0 Å². The van der Waals surface area contributed by atoms with Crippen molar-refractivity contribution in [3.05, 3.63) is 45.0 Å². The second kappa shape index (κ2) is 9.45. The van der Waals surface area contributed by atoms with Crippen LogP contribution in [0.3, 0.4) is 0 Å². The first kappa shape index (κ1) is 22.3. The van der Waals surface area contributed by atoms with Gasteiger partial charge in [0, 0.05) is 36.3 Å². The van der Waals surface area contributed by atoms with Crippen LogP contribution in [0, 0.1) is 20.8 Å². The van der Waals surface area contributed by atoms with Crippen molar-refractivity contribution in [1.29, 1.82) is 0 Å². The number of hydrogen-bond acceptors (Lipinski definition) is 5. The smallest absolute Gasteiger partial charge is 0.352 e. The number of hydrogen-bond donors (Lipinski definition) is 3. The summed E-state index contributed by atoms with van der Waals surface area (Å²) in [5.74, 6) is -1.67. The van der Waals surface area contributed by atoms with Crippen LogP contribution in [-0.4, -0.2) is 47.2 Å². The minimum atomic E-state index is -1.04. The molecule has 8 nitrogen and oxygen atoms in total. The van der Waals surface area contributed by atoms with Crippen LogP contribution < -0.4 is 0 Å². The standard InChI is InChI=1S/C21H28N2O6/c1-11-13(3)22-16(14(11)6-8-18(24)28-4)10-17-15(7-9-19(25)29-5)12(2)20(23-17)21(26)27/h22-23H,6-10H2,1-5H3,(H,26,27). The predicted molar refractivity (Wildman–Crippen MR) is 106 cm³/mol. The van der Waals surface area contributed by atoms with Gasteiger partial charge in [0.15, 0.2) is 0 Å². The summed E-state index contributed by atoms with van der Waals surface area (Å²) >= 11 is 0. The molecule has 3 N–H and O–H groups in total. The van der Waals surface area contributed by atoms with Gasteiger partial charge in [0.2, 0.25) is 0 Å². The minimum absolute atomic E-state index is 0.121. The third-order valence-corrected chi connectivity index (χ3v) is 5.37. The quantitative estimate of drug-likeness (QED) is 0.553. The number of nitrogens with one attached hydrogen (secondary N) is 2. The molecule has 0 saturated heterocycles. The van der Waals surface area contributed by atoms with E-state index >= 15 is 0 Å². The zero-order chi connectivity index (χ0) is 21.7. The summed E-state index contributed by atoms with van der Waals surface area (Å²) in [5, 5.41) is 9.49. The molecule has 0 amide bonds. The lowest BCUT2D eigenvalue weighted by atomic mass is 9.98. The Morgan fingerprint density at radius 1 is 0.828 bits per heavy atom. The first-order valence-corrected chi connectivity index (χ1v) is 9.43. The van der Waals surface area contributed by atoms with Crippen LogP contribution in [0.5, 0.6) is 0 Å². The Balaban J connectivity index is 2.39. The van der Waals surface area contributed by atoms with E-state index in [4.69, 9.17) is 9.47 Å². The van der Waals surface area contributed by atoms with Crippen molar-refractivity contribution in [3.8, 4) is 0 Å². The largest absolute Gasteiger partial charge is 0.477 e. The Kier molecular flexibility index (Phi) is 7.25. The first-order chi connectivity index (χ1) is 13.7. The van der Waals surface area contributed by atoms with Crippen molar-refractivity contribution in [3.63, 3.8) is 0 Å². The van der Waals surface area contributed by atoms with Gasteiger partial charge in [-0.2, -0.15) is 0 Å². The van der Waals surface area contributed by atoms with Gasteiger partial charge in [0.1, 0.15) is 5.69 Å². The van der Waals surface area contributed by atoms with E-state index < -0.39 is 5.97 Å². The fraction of sp³-hybridized carbons (Fsp3) is 0.476. The monoisotopic (exact) mass is 404 g/mol. The molecule has 29 heavy (non-hydrogen) atoms. The normalized spacial score (nSPS) is 10.8. The highest BCUT2D eigenvalue weighted by molar-refractivity contribution is 5.88. The summed E-state index contributed by atoms with van der Waals surface area (Å²) in [7, 11) is 2.69. The molecule has 0 fully saturated rings. The second-order valence-electron chi connectivity index (χ2n) is 7.05. The number of H-pyrrole nitrogens is 2. The highest BCUT2D eigenvalue weighted by atomic mass is 16.5. The minimum Gasteiger partial charge on any atom is -0.477 e. The summed E-state index contributed by atoms with van der Waals surface area (Å²) in [6.45, 7) is 5.68. The van der Waals surface area contributed by atoms with Crippen molar-refractivity contribution >= 4 is 17.9 Å². The molecule has 2 heterocycles. The van der Waals surface area contributed by atoms with Gasteiger partial charge in [-0.05, 0) is 55.9 Å². The van der Waals surface area contributed by atoms with Crippen molar-refractivity contribution in [2.75, 3.05) is 14.2 Å². The van der Waals surface area contributed by atoms with E-state index in [2.05, 4.69) is 9.97 Å². The van der Waals surface area contributed by atoms with E-state index in [1.54, 1.807) is 6.92 Å². The average Bonchev–Trinajstić information content (AvgIpc) is 3.14. The summed E-state index contributed by atoms with van der Waals surface area (Å²) in [4.78, 5) is 41.1. The highest BCUT2D eigenvalue weighted by Gasteiger charge is 2.22. The van der Waals surface area contributed by atoms with Gasteiger partial charge < -0.3 is 24.5 Å². The van der Waals surface area contributed by atoms with E-state index in [0.29, 0.717) is 24.8 Å². The molecule has 0 aliphatic heterocycles. The number of aryl methyl sites for hydroxylation is 1. The van der Waals surface area contributed by atoms with Crippen LogP contribution in [-0.2, 0) is 38.3 Å². The summed E-state index contributed by atoms with van der Waals surface area (Å²) in [5.41, 5.74) is 6.29. The molecule has 0 bridgehead atoms. The molecule has 0 atom stereocenters. The molecule has 0 radical (unpaired) electrons. The lowest BCUT2D eigenvalue weighted by molar-refractivity contribution is -0.141. The Bertz CT molecular complexity index is 922. The maximum absolute atomic E-state index is 11.6. The highest BCUT2D eigenvalue weighted by Crippen LogP contribution is 2.27. The Labute approximate surface area is 169 Å². The topological polar surface area (TPSA) is 121 Å². The van der Waals surface area contributed by atoms with Crippen LogP contribution in [0.1, 0.15) is 62.7 Å². The number of methoxy groups -OCH3 is 2. The molecule has 2 rings (SSSR count). The molecular weight excluding hydrogens is 376 g/mol. The van der Waals surface area contributed by atoms with Gasteiger partial charge in [-0.3, -0.25) is 9.59 Å². The number of aromatic carboxylic acids is 1. The summed E-state index contributed by atoms with van der Waals surface area (Å²) in [6, 6.07) is 0. The zero-order valence-electron chi connectivity index (χ0n) is 17.5. The van der Waals surface area contributed by atoms with Gasteiger partial charge in [-0.1, -0.05) is 0 Å². The maximum atomic E-state index is 11.6. The number of carbonyl (C=O) groups is 3. The molecule has 0 aliphatic rings. The summed E-state index contributed by atoms with van der Waals surface area (Å²) in [6.07, 6.45) is 1.78. The average molecular weight is 404 g/mol. The van der Waals surface area contributed by atoms with E-state index in [-0.39, 0.29) is 30.5 Å². The predicted octanol–water partition coefficient (Wildman–Crippen LogP) is 2.77. The first-order valence-electron chi connectivity index (χ1n) is 9.43. The van der Waals surface area contributed by atoms with Crippen molar-refractivity contribution in [2.24, 2.45) is 0 Å². The Morgan fingerprint density at radius 3 is 1.79 bits per heavy atom. The number of aromatic nitrogens is 2. The van der Waals surface area contributed by atoms with Crippen molar-refractivity contribution < 1.29 is 29.0 Å². The van der Waals surface area contributed by atoms with Crippen LogP contribution in [0.15, 0.2) is 0 Å². The number of carboxylic acids is 1. The lowest BCUT2D eigenvalue weighted by Gasteiger charge is -2.08. The van der Waals surface area contributed by atoms with Gasteiger partial charge in [-0.15, -0.1) is 0 Å². The Morgan fingerprint density at radius 2 is 1.31 bits per heavy atom. The van der Waals surface area contributed by atoms with Gasteiger partial charge >= 0.3 is 17.9 Å². The van der Waals surface area contributed by atoms with E-state index in [9.17, 15) is 19.5 Å². The van der Waals surface area contributed by atoms with Gasteiger partial charge in [0.25, 0.3) is 0 Å². The second-order valence-corrected chi connectivity index (χ2v) is 7.05.